The predicted molar refractivity (Wildman–Crippen MR) is 56.3 cm³/mol. The number of hydrogen-bond acceptors (Lipinski definition) is 2. The van der Waals surface area contributed by atoms with Gasteiger partial charge in [0, 0.05) is 18.5 Å². The summed E-state index contributed by atoms with van der Waals surface area (Å²) in [7, 11) is 0. The zero-order valence-electron chi connectivity index (χ0n) is 8.21. The Morgan fingerprint density at radius 3 is 2.46 bits per heavy atom. The summed E-state index contributed by atoms with van der Waals surface area (Å²) in [6, 6.07) is 0.752. The topological polar surface area (TPSA) is 23.5 Å². The number of unbranched alkanes of at least 4 members (excludes halogenated alkanes) is 1. The lowest BCUT2D eigenvalue weighted by molar-refractivity contribution is 0.100. The van der Waals surface area contributed by atoms with E-state index in [1.54, 1.807) is 0 Å². The zero-order valence-corrected chi connectivity index (χ0v) is 8.97. The van der Waals surface area contributed by atoms with Crippen LogP contribution in [0.3, 0.4) is 0 Å². The van der Waals surface area contributed by atoms with Crippen LogP contribution in [-0.2, 0) is 0 Å². The third kappa shape index (κ3) is 3.84. The van der Waals surface area contributed by atoms with Crippen LogP contribution in [0.25, 0.3) is 0 Å². The van der Waals surface area contributed by atoms with E-state index in [0.29, 0.717) is 0 Å². The minimum Gasteiger partial charge on any atom is -0.395 e. The number of nitrogens with zero attached hydrogens (tertiary/aromatic N) is 1. The van der Waals surface area contributed by atoms with Crippen molar-refractivity contribution in [1.82, 2.24) is 4.90 Å². The molecule has 0 spiro atoms. The highest BCUT2D eigenvalue weighted by Gasteiger charge is 2.23. The van der Waals surface area contributed by atoms with Gasteiger partial charge in [-0.05, 0) is 32.2 Å². The lowest BCUT2D eigenvalue weighted by Gasteiger charge is -2.37. The van der Waals surface area contributed by atoms with E-state index < -0.39 is 0 Å². The van der Waals surface area contributed by atoms with Crippen molar-refractivity contribution in [2.75, 3.05) is 25.6 Å². The molecule has 0 aliphatic heterocycles. The van der Waals surface area contributed by atoms with Crippen molar-refractivity contribution in [1.29, 1.82) is 0 Å². The summed E-state index contributed by atoms with van der Waals surface area (Å²) in [5, 5.41) is 8.89. The molecule has 0 saturated heterocycles. The standard InChI is InChI=1S/C10H20ClNO/c11-6-1-2-7-12(8-9-13)10-4-3-5-10/h10,13H,1-9H2. The Morgan fingerprint density at radius 1 is 1.23 bits per heavy atom. The Labute approximate surface area is 85.9 Å². The van der Waals surface area contributed by atoms with Gasteiger partial charge >= 0.3 is 0 Å². The molecule has 0 atom stereocenters. The van der Waals surface area contributed by atoms with Crippen LogP contribution < -0.4 is 0 Å². The maximum atomic E-state index is 8.89. The number of aliphatic hydroxyl groups is 1. The lowest BCUT2D eigenvalue weighted by Crippen LogP contribution is -2.42. The number of rotatable bonds is 7. The van der Waals surface area contributed by atoms with Gasteiger partial charge in [-0.15, -0.1) is 11.6 Å². The molecule has 1 aliphatic carbocycles. The van der Waals surface area contributed by atoms with E-state index in [1.165, 1.54) is 25.7 Å². The molecule has 1 saturated carbocycles. The molecule has 0 heterocycles. The van der Waals surface area contributed by atoms with Gasteiger partial charge < -0.3 is 5.11 Å². The molecule has 13 heavy (non-hydrogen) atoms. The molecule has 0 bridgehead atoms. The van der Waals surface area contributed by atoms with Crippen molar-refractivity contribution in [3.8, 4) is 0 Å². The number of halogens is 1. The average Bonchev–Trinajstić information content (AvgIpc) is 2.02. The second kappa shape index (κ2) is 6.63. The molecular formula is C10H20ClNO. The number of hydrogen-bond donors (Lipinski definition) is 1. The van der Waals surface area contributed by atoms with Gasteiger partial charge in [0.2, 0.25) is 0 Å². The molecule has 0 amide bonds. The summed E-state index contributed by atoms with van der Waals surface area (Å²) in [4.78, 5) is 2.41. The Morgan fingerprint density at radius 2 is 2.00 bits per heavy atom. The third-order valence-corrected chi connectivity index (χ3v) is 3.07. The highest BCUT2D eigenvalue weighted by molar-refractivity contribution is 6.17. The van der Waals surface area contributed by atoms with Crippen LogP contribution in [0.4, 0.5) is 0 Å². The summed E-state index contributed by atoms with van der Waals surface area (Å²) < 4.78 is 0. The Kier molecular flexibility index (Phi) is 5.76. The van der Waals surface area contributed by atoms with Crippen molar-refractivity contribution in [3.63, 3.8) is 0 Å². The fraction of sp³-hybridized carbons (Fsp3) is 1.00. The van der Waals surface area contributed by atoms with Crippen LogP contribution in [0.2, 0.25) is 0 Å². The monoisotopic (exact) mass is 205 g/mol. The first-order valence-electron chi connectivity index (χ1n) is 5.29. The van der Waals surface area contributed by atoms with E-state index in [9.17, 15) is 0 Å². The Hall–Kier alpha value is 0.210. The fourth-order valence-corrected chi connectivity index (χ4v) is 1.96. The maximum Gasteiger partial charge on any atom is 0.0558 e. The van der Waals surface area contributed by atoms with E-state index in [1.807, 2.05) is 0 Å². The first kappa shape index (κ1) is 11.3. The van der Waals surface area contributed by atoms with Crippen molar-refractivity contribution < 1.29 is 5.11 Å². The SMILES string of the molecule is OCCN(CCCCCl)C1CCC1. The van der Waals surface area contributed by atoms with E-state index in [-0.39, 0.29) is 6.61 Å². The highest BCUT2D eigenvalue weighted by Crippen LogP contribution is 2.24. The molecule has 2 nitrogen and oxygen atoms in total. The summed E-state index contributed by atoms with van der Waals surface area (Å²) in [6.07, 6.45) is 6.26. The predicted octanol–water partition coefficient (Wildman–Crippen LogP) is 1.85. The second-order valence-electron chi connectivity index (χ2n) is 3.74. The molecule has 1 N–H and O–H groups in total. The molecule has 0 unspecified atom stereocenters. The molecule has 0 radical (unpaired) electrons. The summed E-state index contributed by atoms with van der Waals surface area (Å²) in [5.41, 5.74) is 0. The molecular weight excluding hydrogens is 186 g/mol. The maximum absolute atomic E-state index is 8.89. The molecule has 0 aromatic carbocycles. The smallest absolute Gasteiger partial charge is 0.0558 e. The van der Waals surface area contributed by atoms with Gasteiger partial charge in [-0.3, -0.25) is 4.90 Å². The van der Waals surface area contributed by atoms with Gasteiger partial charge in [-0.25, -0.2) is 0 Å². The van der Waals surface area contributed by atoms with Gasteiger partial charge in [0.05, 0.1) is 6.61 Å². The molecule has 78 valence electrons. The van der Waals surface area contributed by atoms with Crippen LogP contribution in [0, 0.1) is 0 Å². The first-order chi connectivity index (χ1) is 6.38. The van der Waals surface area contributed by atoms with Crippen LogP contribution >= 0.6 is 11.6 Å². The van der Waals surface area contributed by atoms with E-state index in [4.69, 9.17) is 16.7 Å². The van der Waals surface area contributed by atoms with E-state index in [0.717, 1.165) is 31.4 Å². The van der Waals surface area contributed by atoms with E-state index in [2.05, 4.69) is 4.90 Å². The molecule has 0 aromatic heterocycles. The van der Waals surface area contributed by atoms with Crippen LogP contribution in [0.5, 0.6) is 0 Å². The molecule has 0 aromatic rings. The molecule has 1 fully saturated rings. The highest BCUT2D eigenvalue weighted by atomic mass is 35.5. The first-order valence-corrected chi connectivity index (χ1v) is 5.83. The number of alkyl halides is 1. The van der Waals surface area contributed by atoms with Crippen molar-refractivity contribution in [2.45, 2.75) is 38.1 Å². The second-order valence-corrected chi connectivity index (χ2v) is 4.12. The van der Waals surface area contributed by atoms with Gasteiger partial charge in [0.1, 0.15) is 0 Å². The van der Waals surface area contributed by atoms with Crippen molar-refractivity contribution in [3.05, 3.63) is 0 Å². The fourth-order valence-electron chi connectivity index (χ4n) is 1.77. The van der Waals surface area contributed by atoms with Gasteiger partial charge in [0.25, 0.3) is 0 Å². The van der Waals surface area contributed by atoms with Crippen LogP contribution in [0.1, 0.15) is 32.1 Å². The van der Waals surface area contributed by atoms with Crippen LogP contribution in [-0.4, -0.2) is 41.6 Å². The summed E-state index contributed by atoms with van der Waals surface area (Å²) >= 11 is 5.62. The van der Waals surface area contributed by atoms with Crippen LogP contribution in [0.15, 0.2) is 0 Å². The normalized spacial score (nSPS) is 17.8. The zero-order chi connectivity index (χ0) is 9.52. The average molecular weight is 206 g/mol. The quantitative estimate of drug-likeness (QED) is 0.507. The Balaban J connectivity index is 2.12. The molecule has 1 rings (SSSR count). The van der Waals surface area contributed by atoms with Gasteiger partial charge in [-0.2, -0.15) is 0 Å². The van der Waals surface area contributed by atoms with Crippen molar-refractivity contribution in [2.24, 2.45) is 0 Å². The largest absolute Gasteiger partial charge is 0.395 e. The third-order valence-electron chi connectivity index (χ3n) is 2.81. The van der Waals surface area contributed by atoms with Gasteiger partial charge in [0.15, 0.2) is 0 Å². The molecule has 3 heteroatoms. The minimum atomic E-state index is 0.289. The van der Waals surface area contributed by atoms with Crippen molar-refractivity contribution >= 4 is 11.6 Å². The number of aliphatic hydroxyl groups excluding tert-OH is 1. The van der Waals surface area contributed by atoms with E-state index >= 15 is 0 Å². The summed E-state index contributed by atoms with van der Waals surface area (Å²) in [5.74, 6) is 0.762. The summed E-state index contributed by atoms with van der Waals surface area (Å²) in [6.45, 7) is 2.24. The van der Waals surface area contributed by atoms with Gasteiger partial charge in [-0.1, -0.05) is 6.42 Å². The Bertz CT molecular complexity index is 128. The minimum absolute atomic E-state index is 0.289. The lowest BCUT2D eigenvalue weighted by atomic mass is 9.91. The molecule has 1 aliphatic rings.